The fourth-order valence-corrected chi connectivity index (χ4v) is 6.98. The topological polar surface area (TPSA) is 99.0 Å². The van der Waals surface area contributed by atoms with Crippen LogP contribution in [0.4, 0.5) is 5.69 Å². The molecule has 0 amide bonds. The number of hydrogen-bond acceptors (Lipinski definition) is 6. The van der Waals surface area contributed by atoms with E-state index in [1.165, 1.54) is 28.6 Å². The third-order valence-electron chi connectivity index (χ3n) is 8.05. The number of benzene rings is 2. The second kappa shape index (κ2) is 10.6. The quantitative estimate of drug-likeness (QED) is 0.221. The minimum Gasteiger partial charge on any atom is -0.403 e. The van der Waals surface area contributed by atoms with Gasteiger partial charge in [0.15, 0.2) is 4.90 Å². The number of unbranched alkanes of at least 4 members (excludes halogenated alkanes) is 1. The molecule has 8 nitrogen and oxygen atoms in total. The van der Waals surface area contributed by atoms with Crippen LogP contribution in [0.5, 0.6) is 0 Å². The first-order chi connectivity index (χ1) is 17.8. The highest BCUT2D eigenvalue weighted by atomic mass is 32.2. The largest absolute Gasteiger partial charge is 0.458 e. The van der Waals surface area contributed by atoms with Crippen LogP contribution in [0.15, 0.2) is 65.6 Å². The fourth-order valence-electron chi connectivity index (χ4n) is 5.31. The van der Waals surface area contributed by atoms with Crippen LogP contribution in [0.3, 0.4) is 0 Å². The number of nitrogens with zero attached hydrogens (tertiary/aromatic N) is 2. The summed E-state index contributed by atoms with van der Waals surface area (Å²) in [6.07, 6.45) is 5.23. The Morgan fingerprint density at radius 2 is 1.61 bits per heavy atom. The normalized spacial score (nSPS) is 23.3. The smallest absolute Gasteiger partial charge is 0.403 e. The van der Waals surface area contributed by atoms with E-state index >= 15 is 0 Å². The average molecular weight is 540 g/mol. The van der Waals surface area contributed by atoms with E-state index in [0.29, 0.717) is 6.32 Å². The Balaban J connectivity index is 1.81. The molecule has 4 rings (SSSR count). The van der Waals surface area contributed by atoms with Crippen LogP contribution in [-0.4, -0.2) is 49.1 Å². The summed E-state index contributed by atoms with van der Waals surface area (Å²) in [6.45, 7) is 10.4. The van der Waals surface area contributed by atoms with Crippen LogP contribution in [-0.2, 0) is 19.3 Å². The van der Waals surface area contributed by atoms with Crippen LogP contribution in [0.1, 0.15) is 59.4 Å². The van der Waals surface area contributed by atoms with Gasteiger partial charge in [0.25, 0.3) is 5.69 Å². The summed E-state index contributed by atoms with van der Waals surface area (Å²) in [6, 6.07) is 15.2. The number of sulfonamides is 1. The molecular formula is C28H37BN2O6S. The maximum atomic E-state index is 14.0. The summed E-state index contributed by atoms with van der Waals surface area (Å²) in [4.78, 5) is 10.8. The molecule has 2 heterocycles. The lowest BCUT2D eigenvalue weighted by Crippen LogP contribution is -2.46. The van der Waals surface area contributed by atoms with Crippen molar-refractivity contribution in [1.29, 1.82) is 0 Å². The first kappa shape index (κ1) is 28.5. The first-order valence-electron chi connectivity index (χ1n) is 13.2. The van der Waals surface area contributed by atoms with Crippen LogP contribution in [0.2, 0.25) is 6.32 Å². The van der Waals surface area contributed by atoms with Crippen molar-refractivity contribution < 1.29 is 22.6 Å². The SMILES string of the molecule is CCCC[C@]1(CB2OC(C)(C)C(C)(C)O2)C=C(c2ccccc2)CN(S(=O)(=O)c2ccccc2[N+](=O)[O-])C1. The van der Waals surface area contributed by atoms with E-state index < -0.39 is 44.4 Å². The Labute approximate surface area is 226 Å². The van der Waals surface area contributed by atoms with Gasteiger partial charge in [0.05, 0.1) is 16.1 Å². The number of nitro benzene ring substituents is 1. The summed E-state index contributed by atoms with van der Waals surface area (Å²) in [5, 5.41) is 11.7. The zero-order chi connectivity index (χ0) is 27.8. The standard InChI is InChI=1S/C28H37BN2O6S/c1-6-7-17-28(20-29-36-26(2,3)27(4,5)37-29)18-23(22-13-9-8-10-14-22)19-30(21-28)38(34,35)25-16-12-11-15-24(25)31(32)33/h8-16,18H,6-7,17,19-21H2,1-5H3/t28-/m1/s1. The molecule has 38 heavy (non-hydrogen) atoms. The van der Waals surface area contributed by atoms with E-state index in [2.05, 4.69) is 13.0 Å². The van der Waals surface area contributed by atoms with Crippen molar-refractivity contribution >= 4 is 28.4 Å². The van der Waals surface area contributed by atoms with Crippen molar-refractivity contribution in [3.63, 3.8) is 0 Å². The highest BCUT2D eigenvalue weighted by Crippen LogP contribution is 2.46. The van der Waals surface area contributed by atoms with Crippen LogP contribution in [0.25, 0.3) is 5.57 Å². The number of hydrogen-bond donors (Lipinski definition) is 0. The average Bonchev–Trinajstić information content (AvgIpc) is 3.08. The number of rotatable bonds is 9. The molecular weight excluding hydrogens is 503 g/mol. The minimum absolute atomic E-state index is 0.121. The Morgan fingerprint density at radius 1 is 1.00 bits per heavy atom. The molecule has 10 heteroatoms. The molecule has 1 fully saturated rings. The van der Waals surface area contributed by atoms with E-state index in [1.807, 2.05) is 58.0 Å². The molecule has 204 valence electrons. The lowest BCUT2D eigenvalue weighted by atomic mass is 9.63. The molecule has 0 spiro atoms. The molecule has 0 N–H and O–H groups in total. The summed E-state index contributed by atoms with van der Waals surface area (Å²) < 4.78 is 42.2. The van der Waals surface area contributed by atoms with Gasteiger partial charge in [-0.05, 0) is 57.6 Å². The Morgan fingerprint density at radius 3 is 2.21 bits per heavy atom. The van der Waals surface area contributed by atoms with Crippen LogP contribution >= 0.6 is 0 Å². The van der Waals surface area contributed by atoms with Gasteiger partial charge in [0.2, 0.25) is 10.0 Å². The second-order valence-corrected chi connectivity index (χ2v) is 13.3. The molecule has 1 atom stereocenters. The summed E-state index contributed by atoms with van der Waals surface area (Å²) in [5.41, 5.74) is -0.247. The Hall–Kier alpha value is -2.53. The van der Waals surface area contributed by atoms with Crippen LogP contribution < -0.4 is 0 Å². The van der Waals surface area contributed by atoms with E-state index in [0.717, 1.165) is 30.4 Å². The van der Waals surface area contributed by atoms with Crippen molar-refractivity contribution in [2.45, 2.75) is 76.3 Å². The van der Waals surface area contributed by atoms with Crippen molar-refractivity contribution in [3.8, 4) is 0 Å². The van der Waals surface area contributed by atoms with Gasteiger partial charge in [-0.15, -0.1) is 0 Å². The summed E-state index contributed by atoms with van der Waals surface area (Å²) >= 11 is 0. The van der Waals surface area contributed by atoms with Gasteiger partial charge in [0, 0.05) is 24.6 Å². The predicted octanol–water partition coefficient (Wildman–Crippen LogP) is 5.95. The maximum absolute atomic E-state index is 14.0. The molecule has 2 aliphatic rings. The minimum atomic E-state index is -4.18. The number of nitro groups is 1. The lowest BCUT2D eigenvalue weighted by Gasteiger charge is -2.41. The van der Waals surface area contributed by atoms with E-state index in [-0.39, 0.29) is 18.0 Å². The van der Waals surface area contributed by atoms with Crippen LogP contribution in [0, 0.1) is 15.5 Å². The van der Waals surface area contributed by atoms with Crippen molar-refractivity contribution in [2.24, 2.45) is 5.41 Å². The van der Waals surface area contributed by atoms with Crippen molar-refractivity contribution in [3.05, 3.63) is 76.4 Å². The first-order valence-corrected chi connectivity index (χ1v) is 14.6. The van der Waals surface area contributed by atoms with Gasteiger partial charge in [-0.3, -0.25) is 10.1 Å². The molecule has 2 aromatic carbocycles. The molecule has 0 saturated carbocycles. The second-order valence-electron chi connectivity index (χ2n) is 11.4. The third kappa shape index (κ3) is 5.59. The molecule has 0 unspecified atom stereocenters. The van der Waals surface area contributed by atoms with Gasteiger partial charge in [-0.1, -0.05) is 68.3 Å². The molecule has 0 bridgehead atoms. The van der Waals surface area contributed by atoms with Gasteiger partial charge < -0.3 is 9.31 Å². The third-order valence-corrected chi connectivity index (χ3v) is 9.89. The van der Waals surface area contributed by atoms with Gasteiger partial charge in [-0.25, -0.2) is 8.42 Å². The van der Waals surface area contributed by atoms with Crippen molar-refractivity contribution in [1.82, 2.24) is 4.31 Å². The van der Waals surface area contributed by atoms with E-state index in [4.69, 9.17) is 9.31 Å². The zero-order valence-corrected chi connectivity index (χ0v) is 23.7. The van der Waals surface area contributed by atoms with E-state index in [9.17, 15) is 18.5 Å². The summed E-state index contributed by atoms with van der Waals surface area (Å²) in [5.74, 6) is 0. The zero-order valence-electron chi connectivity index (χ0n) is 22.8. The number of para-hydroxylation sites is 1. The Kier molecular flexibility index (Phi) is 7.92. The van der Waals surface area contributed by atoms with Crippen molar-refractivity contribution in [2.75, 3.05) is 13.1 Å². The molecule has 0 aliphatic carbocycles. The molecule has 2 aromatic rings. The fraction of sp³-hybridized carbons (Fsp3) is 0.500. The highest BCUT2D eigenvalue weighted by molar-refractivity contribution is 7.89. The predicted molar refractivity (Wildman–Crippen MR) is 149 cm³/mol. The maximum Gasteiger partial charge on any atom is 0.458 e. The van der Waals surface area contributed by atoms with Gasteiger partial charge in [0.1, 0.15) is 0 Å². The molecule has 0 radical (unpaired) electrons. The Bertz CT molecular complexity index is 1300. The summed E-state index contributed by atoms with van der Waals surface area (Å²) in [7, 11) is -4.70. The van der Waals surface area contributed by atoms with E-state index in [1.54, 1.807) is 0 Å². The highest BCUT2D eigenvalue weighted by Gasteiger charge is 2.54. The molecule has 0 aromatic heterocycles. The molecule has 2 aliphatic heterocycles. The van der Waals surface area contributed by atoms with Gasteiger partial charge >= 0.3 is 7.12 Å². The lowest BCUT2D eigenvalue weighted by molar-refractivity contribution is -0.387. The van der Waals surface area contributed by atoms with Gasteiger partial charge in [-0.2, -0.15) is 4.31 Å². The molecule has 1 saturated heterocycles. The monoisotopic (exact) mass is 540 g/mol.